The molecule has 116 valence electrons. The van der Waals surface area contributed by atoms with E-state index in [1.807, 2.05) is 6.92 Å². The molecule has 0 spiro atoms. The van der Waals surface area contributed by atoms with Crippen molar-refractivity contribution in [1.29, 1.82) is 0 Å². The lowest BCUT2D eigenvalue weighted by atomic mass is 10.2. The predicted molar refractivity (Wildman–Crippen MR) is 77.5 cm³/mol. The van der Waals surface area contributed by atoms with Crippen molar-refractivity contribution in [3.8, 4) is 0 Å². The first kappa shape index (κ1) is 15.9. The van der Waals surface area contributed by atoms with E-state index in [-0.39, 0.29) is 36.8 Å². The fourth-order valence-electron chi connectivity index (χ4n) is 2.46. The first-order chi connectivity index (χ1) is 10.1. The van der Waals surface area contributed by atoms with E-state index in [9.17, 15) is 9.18 Å². The zero-order valence-corrected chi connectivity index (χ0v) is 12.1. The SMILES string of the molecule is CC1CN(CCC(=O)Nc2ccccc2F)CC(CO)O1. The lowest BCUT2D eigenvalue weighted by Gasteiger charge is -2.35. The summed E-state index contributed by atoms with van der Waals surface area (Å²) in [5, 5.41) is 11.7. The van der Waals surface area contributed by atoms with Crippen LogP contribution in [-0.2, 0) is 9.53 Å². The molecule has 0 aliphatic carbocycles. The van der Waals surface area contributed by atoms with Gasteiger partial charge in [-0.2, -0.15) is 0 Å². The first-order valence-corrected chi connectivity index (χ1v) is 7.11. The summed E-state index contributed by atoms with van der Waals surface area (Å²) < 4.78 is 19.0. The van der Waals surface area contributed by atoms with Crippen LogP contribution in [0.3, 0.4) is 0 Å². The van der Waals surface area contributed by atoms with Gasteiger partial charge in [0.05, 0.1) is 24.5 Å². The Morgan fingerprint density at radius 2 is 2.24 bits per heavy atom. The third-order valence-electron chi connectivity index (χ3n) is 3.41. The van der Waals surface area contributed by atoms with Gasteiger partial charge < -0.3 is 15.2 Å². The molecular formula is C15H21FN2O3. The zero-order chi connectivity index (χ0) is 15.2. The second-order valence-corrected chi connectivity index (χ2v) is 5.29. The molecule has 1 saturated heterocycles. The monoisotopic (exact) mass is 296 g/mol. The van der Waals surface area contributed by atoms with Gasteiger partial charge in [-0.15, -0.1) is 0 Å². The van der Waals surface area contributed by atoms with E-state index in [1.54, 1.807) is 12.1 Å². The van der Waals surface area contributed by atoms with Crippen LogP contribution in [0.15, 0.2) is 24.3 Å². The lowest BCUT2D eigenvalue weighted by molar-refractivity contribution is -0.118. The minimum absolute atomic E-state index is 0.0255. The molecule has 1 fully saturated rings. The lowest BCUT2D eigenvalue weighted by Crippen LogP contribution is -2.48. The van der Waals surface area contributed by atoms with Crippen molar-refractivity contribution in [2.45, 2.75) is 25.6 Å². The highest BCUT2D eigenvalue weighted by Gasteiger charge is 2.24. The van der Waals surface area contributed by atoms with Gasteiger partial charge in [0.15, 0.2) is 0 Å². The normalized spacial score (nSPS) is 23.0. The van der Waals surface area contributed by atoms with Gasteiger partial charge in [0, 0.05) is 26.1 Å². The third-order valence-corrected chi connectivity index (χ3v) is 3.41. The quantitative estimate of drug-likeness (QED) is 0.858. The molecule has 0 bridgehead atoms. The number of carbonyl (C=O) groups excluding carboxylic acids is 1. The first-order valence-electron chi connectivity index (χ1n) is 7.11. The number of hydrogen-bond acceptors (Lipinski definition) is 4. The molecule has 2 N–H and O–H groups in total. The molecular weight excluding hydrogens is 275 g/mol. The second kappa shape index (κ2) is 7.49. The van der Waals surface area contributed by atoms with Gasteiger partial charge in [-0.05, 0) is 19.1 Å². The third kappa shape index (κ3) is 4.77. The Hall–Kier alpha value is -1.50. The van der Waals surface area contributed by atoms with Crippen molar-refractivity contribution in [2.75, 3.05) is 31.6 Å². The maximum Gasteiger partial charge on any atom is 0.225 e. The Bertz CT molecular complexity index is 484. The van der Waals surface area contributed by atoms with E-state index in [1.165, 1.54) is 12.1 Å². The van der Waals surface area contributed by atoms with Crippen LogP contribution in [0, 0.1) is 5.82 Å². The van der Waals surface area contributed by atoms with Crippen molar-refractivity contribution in [1.82, 2.24) is 4.90 Å². The van der Waals surface area contributed by atoms with Crippen molar-refractivity contribution < 1.29 is 19.0 Å². The summed E-state index contributed by atoms with van der Waals surface area (Å²) in [6, 6.07) is 6.10. The minimum Gasteiger partial charge on any atom is -0.394 e. The fourth-order valence-corrected chi connectivity index (χ4v) is 2.46. The molecule has 1 amide bonds. The van der Waals surface area contributed by atoms with Crippen molar-refractivity contribution in [2.24, 2.45) is 0 Å². The molecule has 1 aromatic rings. The van der Waals surface area contributed by atoms with Crippen LogP contribution in [0.2, 0.25) is 0 Å². The minimum atomic E-state index is -0.439. The predicted octanol–water partition coefficient (Wildman–Crippen LogP) is 1.24. The Morgan fingerprint density at radius 1 is 1.48 bits per heavy atom. The maximum atomic E-state index is 13.4. The van der Waals surface area contributed by atoms with Crippen LogP contribution in [0.5, 0.6) is 0 Å². The highest BCUT2D eigenvalue weighted by atomic mass is 19.1. The number of hydrogen-bond donors (Lipinski definition) is 2. The number of aliphatic hydroxyl groups excluding tert-OH is 1. The average molecular weight is 296 g/mol. The number of nitrogens with one attached hydrogen (secondary N) is 1. The number of ether oxygens (including phenoxy) is 1. The average Bonchev–Trinajstić information content (AvgIpc) is 2.47. The molecule has 2 rings (SSSR count). The van der Waals surface area contributed by atoms with Crippen LogP contribution in [-0.4, -0.2) is 54.4 Å². The number of morpholine rings is 1. The number of aliphatic hydroxyl groups is 1. The Balaban J connectivity index is 1.80. The van der Waals surface area contributed by atoms with E-state index in [0.29, 0.717) is 13.1 Å². The molecule has 0 saturated carbocycles. The number of rotatable bonds is 5. The van der Waals surface area contributed by atoms with Crippen LogP contribution in [0.1, 0.15) is 13.3 Å². The summed E-state index contributed by atoms with van der Waals surface area (Å²) in [4.78, 5) is 13.9. The molecule has 21 heavy (non-hydrogen) atoms. The summed E-state index contributed by atoms with van der Waals surface area (Å²) in [7, 11) is 0. The van der Waals surface area contributed by atoms with Gasteiger partial charge >= 0.3 is 0 Å². The zero-order valence-electron chi connectivity index (χ0n) is 12.1. The largest absolute Gasteiger partial charge is 0.394 e. The van der Waals surface area contributed by atoms with E-state index in [2.05, 4.69) is 10.2 Å². The standard InChI is InChI=1S/C15H21FN2O3/c1-11-8-18(9-12(10-19)21-11)7-6-15(20)17-14-5-3-2-4-13(14)16/h2-5,11-12,19H,6-10H2,1H3,(H,17,20). The summed E-state index contributed by atoms with van der Waals surface area (Å²) in [5.74, 6) is -0.661. The highest BCUT2D eigenvalue weighted by Crippen LogP contribution is 2.14. The maximum absolute atomic E-state index is 13.4. The van der Waals surface area contributed by atoms with E-state index in [4.69, 9.17) is 9.84 Å². The van der Waals surface area contributed by atoms with Gasteiger partial charge in [-0.1, -0.05) is 12.1 Å². The number of carbonyl (C=O) groups is 1. The Morgan fingerprint density at radius 3 is 2.95 bits per heavy atom. The Kier molecular flexibility index (Phi) is 5.67. The van der Waals surface area contributed by atoms with Crippen molar-refractivity contribution >= 4 is 11.6 Å². The highest BCUT2D eigenvalue weighted by molar-refractivity contribution is 5.90. The molecule has 1 aromatic carbocycles. The molecule has 0 radical (unpaired) electrons. The molecule has 1 aliphatic heterocycles. The number of nitrogens with zero attached hydrogens (tertiary/aromatic N) is 1. The number of halogens is 1. The van der Waals surface area contributed by atoms with E-state index >= 15 is 0 Å². The number of amides is 1. The van der Waals surface area contributed by atoms with Gasteiger partial charge in [-0.3, -0.25) is 9.69 Å². The number of para-hydroxylation sites is 1. The molecule has 5 nitrogen and oxygen atoms in total. The molecule has 6 heteroatoms. The second-order valence-electron chi connectivity index (χ2n) is 5.29. The van der Waals surface area contributed by atoms with Crippen molar-refractivity contribution in [3.05, 3.63) is 30.1 Å². The van der Waals surface area contributed by atoms with E-state index < -0.39 is 5.82 Å². The van der Waals surface area contributed by atoms with Crippen molar-refractivity contribution in [3.63, 3.8) is 0 Å². The molecule has 1 heterocycles. The van der Waals surface area contributed by atoms with Crippen LogP contribution >= 0.6 is 0 Å². The molecule has 2 unspecified atom stereocenters. The smallest absolute Gasteiger partial charge is 0.225 e. The molecule has 0 aromatic heterocycles. The van der Waals surface area contributed by atoms with E-state index in [0.717, 1.165) is 6.54 Å². The number of benzene rings is 1. The van der Waals surface area contributed by atoms with Gasteiger partial charge in [0.2, 0.25) is 5.91 Å². The van der Waals surface area contributed by atoms with Crippen LogP contribution in [0.4, 0.5) is 10.1 Å². The molecule has 2 atom stereocenters. The van der Waals surface area contributed by atoms with Crippen LogP contribution in [0.25, 0.3) is 0 Å². The van der Waals surface area contributed by atoms with Gasteiger partial charge in [-0.25, -0.2) is 4.39 Å². The summed E-state index contributed by atoms with van der Waals surface area (Å²) in [6.45, 7) is 3.80. The summed E-state index contributed by atoms with van der Waals surface area (Å²) >= 11 is 0. The van der Waals surface area contributed by atoms with Gasteiger partial charge in [0.1, 0.15) is 5.82 Å². The van der Waals surface area contributed by atoms with Gasteiger partial charge in [0.25, 0.3) is 0 Å². The fraction of sp³-hybridized carbons (Fsp3) is 0.533. The summed E-state index contributed by atoms with van der Waals surface area (Å²) in [6.07, 6.45) is 0.105. The number of anilines is 1. The topological polar surface area (TPSA) is 61.8 Å². The molecule has 1 aliphatic rings. The Labute approximate surface area is 123 Å². The van der Waals surface area contributed by atoms with Crippen LogP contribution < -0.4 is 5.32 Å². The summed E-state index contributed by atoms with van der Waals surface area (Å²) in [5.41, 5.74) is 0.200.